The summed E-state index contributed by atoms with van der Waals surface area (Å²) in [5.74, 6) is 0. The molecule has 0 unspecified atom stereocenters. The van der Waals surface area contributed by atoms with E-state index < -0.39 is 10.1 Å². The normalized spacial score (nSPS) is 11.2. The molecule has 2 rings (SSSR count). The number of hydrogen-bond acceptors (Lipinski definition) is 2. The number of benzene rings is 2. The Morgan fingerprint density at radius 1 is 1.00 bits per heavy atom. The average molecular weight is 260 g/mol. The molecule has 0 atom stereocenters. The third-order valence-electron chi connectivity index (χ3n) is 2.49. The first-order chi connectivity index (χ1) is 7.38. The third-order valence-corrected chi connectivity index (χ3v) is 3.39. The molecule has 0 heterocycles. The van der Waals surface area contributed by atoms with E-state index in [4.69, 9.17) is 0 Å². The van der Waals surface area contributed by atoms with Crippen LogP contribution in [0.5, 0.6) is 0 Å². The van der Waals surface area contributed by atoms with Crippen molar-refractivity contribution in [2.45, 2.75) is 18.7 Å². The molecule has 5 heteroatoms. The Labute approximate surface area is 123 Å². The quantitative estimate of drug-likeness (QED) is 0.630. The summed E-state index contributed by atoms with van der Waals surface area (Å²) in [4.78, 5) is -0.0220. The first kappa shape index (κ1) is 14.7. The van der Waals surface area contributed by atoms with Crippen LogP contribution in [0.15, 0.2) is 35.2 Å². The van der Waals surface area contributed by atoms with E-state index in [1.807, 2.05) is 25.1 Å². The molecule has 17 heavy (non-hydrogen) atoms. The first-order valence-corrected chi connectivity index (χ1v) is 6.30. The Kier molecular flexibility index (Phi) is 4.38. The van der Waals surface area contributed by atoms with Crippen LogP contribution < -0.4 is 0 Å². The Morgan fingerprint density at radius 3 is 2.24 bits per heavy atom. The molecule has 0 amide bonds. The van der Waals surface area contributed by atoms with Gasteiger partial charge in [-0.1, -0.05) is 29.8 Å². The minimum absolute atomic E-state index is 0. The molecular formula is C12H13NaO3S. The van der Waals surface area contributed by atoms with Gasteiger partial charge in [0.05, 0.1) is 0 Å². The Morgan fingerprint density at radius 2 is 1.65 bits per heavy atom. The van der Waals surface area contributed by atoms with E-state index in [0.717, 1.165) is 16.5 Å². The molecule has 3 nitrogen and oxygen atoms in total. The van der Waals surface area contributed by atoms with Crippen molar-refractivity contribution >= 4 is 50.4 Å². The zero-order chi connectivity index (χ0) is 11.9. The molecule has 0 saturated carbocycles. The molecule has 0 aliphatic carbocycles. The molecule has 0 radical (unpaired) electrons. The van der Waals surface area contributed by atoms with Crippen LogP contribution in [0.2, 0.25) is 0 Å². The van der Waals surface area contributed by atoms with Gasteiger partial charge in [-0.2, -0.15) is 8.42 Å². The van der Waals surface area contributed by atoms with Crippen molar-refractivity contribution in [1.82, 2.24) is 0 Å². The van der Waals surface area contributed by atoms with Gasteiger partial charge < -0.3 is 0 Å². The van der Waals surface area contributed by atoms with Crippen LogP contribution in [-0.4, -0.2) is 42.5 Å². The fourth-order valence-corrected chi connectivity index (χ4v) is 2.58. The molecular weight excluding hydrogens is 247 g/mol. The van der Waals surface area contributed by atoms with Gasteiger partial charge in [0, 0.05) is 5.39 Å². The zero-order valence-electron chi connectivity index (χ0n) is 9.06. The van der Waals surface area contributed by atoms with Gasteiger partial charge in [0.2, 0.25) is 0 Å². The van der Waals surface area contributed by atoms with Crippen molar-refractivity contribution < 1.29 is 13.0 Å². The average Bonchev–Trinajstić information content (AvgIpc) is 2.16. The molecule has 0 saturated heterocycles. The predicted molar refractivity (Wildman–Crippen MR) is 70.4 cm³/mol. The van der Waals surface area contributed by atoms with Gasteiger partial charge in [-0.25, -0.2) is 0 Å². The Hall–Kier alpha value is -0.390. The second-order valence-corrected chi connectivity index (χ2v) is 5.35. The van der Waals surface area contributed by atoms with Crippen LogP contribution in [0.3, 0.4) is 0 Å². The molecule has 0 aromatic heterocycles. The summed E-state index contributed by atoms with van der Waals surface area (Å²) in [7, 11) is -4.17. The number of rotatable bonds is 1. The summed E-state index contributed by atoms with van der Waals surface area (Å²) >= 11 is 0. The molecule has 2 aromatic carbocycles. The molecule has 0 aliphatic rings. The van der Waals surface area contributed by atoms with Gasteiger partial charge in [0.15, 0.2) is 0 Å². The molecule has 86 valence electrons. The molecule has 2 aromatic rings. The fraction of sp³-hybridized carbons (Fsp3) is 0.167. The van der Waals surface area contributed by atoms with E-state index in [1.165, 1.54) is 6.07 Å². The molecule has 0 bridgehead atoms. The van der Waals surface area contributed by atoms with E-state index >= 15 is 0 Å². The Bertz CT molecular complexity index is 663. The Balaban J connectivity index is 0.00000144. The monoisotopic (exact) mass is 260 g/mol. The van der Waals surface area contributed by atoms with Crippen molar-refractivity contribution in [3.63, 3.8) is 0 Å². The third kappa shape index (κ3) is 3.09. The maximum atomic E-state index is 11.3. The van der Waals surface area contributed by atoms with Crippen LogP contribution in [0, 0.1) is 13.8 Å². The minimum atomic E-state index is -4.17. The SMILES string of the molecule is Cc1cc(S(=O)(=O)O)c2cc(C)ccc2c1.[NaH]. The van der Waals surface area contributed by atoms with Crippen LogP contribution in [0.4, 0.5) is 0 Å². The van der Waals surface area contributed by atoms with Gasteiger partial charge in [-0.05, 0) is 30.9 Å². The number of fused-ring (bicyclic) bond motifs is 1. The van der Waals surface area contributed by atoms with Crippen LogP contribution >= 0.6 is 0 Å². The van der Waals surface area contributed by atoms with Gasteiger partial charge in [0.1, 0.15) is 4.90 Å². The van der Waals surface area contributed by atoms with Crippen molar-refractivity contribution in [3.8, 4) is 0 Å². The fourth-order valence-electron chi connectivity index (χ4n) is 1.79. The molecule has 0 fully saturated rings. The van der Waals surface area contributed by atoms with Gasteiger partial charge >= 0.3 is 29.6 Å². The number of hydrogen-bond donors (Lipinski definition) is 1. The van der Waals surface area contributed by atoms with E-state index in [2.05, 4.69) is 0 Å². The van der Waals surface area contributed by atoms with Crippen LogP contribution in [-0.2, 0) is 10.1 Å². The van der Waals surface area contributed by atoms with E-state index in [9.17, 15) is 13.0 Å². The van der Waals surface area contributed by atoms with Crippen molar-refractivity contribution in [2.75, 3.05) is 0 Å². The summed E-state index contributed by atoms with van der Waals surface area (Å²) in [5, 5.41) is 1.38. The molecule has 0 spiro atoms. The second kappa shape index (κ2) is 5.08. The second-order valence-electron chi connectivity index (χ2n) is 3.96. The summed E-state index contributed by atoms with van der Waals surface area (Å²) in [6.07, 6.45) is 0. The predicted octanol–water partition coefficient (Wildman–Crippen LogP) is 2.05. The van der Waals surface area contributed by atoms with Crippen LogP contribution in [0.1, 0.15) is 11.1 Å². The van der Waals surface area contributed by atoms with Gasteiger partial charge in [-0.3, -0.25) is 4.55 Å². The van der Waals surface area contributed by atoms with E-state index in [1.54, 1.807) is 13.0 Å². The van der Waals surface area contributed by atoms with Crippen molar-refractivity contribution in [2.24, 2.45) is 0 Å². The van der Waals surface area contributed by atoms with Crippen molar-refractivity contribution in [3.05, 3.63) is 41.5 Å². The standard InChI is InChI=1S/C12H12O3S.Na.H/c1-8-3-4-10-5-9(2)7-12(11(10)6-8)16(13,14)15;;/h3-7H,1-2H3,(H,13,14,15);;. The number of aryl methyl sites for hydroxylation is 2. The van der Waals surface area contributed by atoms with Gasteiger partial charge in [0.25, 0.3) is 10.1 Å². The van der Waals surface area contributed by atoms with Crippen LogP contribution in [0.25, 0.3) is 10.8 Å². The van der Waals surface area contributed by atoms with Crippen molar-refractivity contribution in [1.29, 1.82) is 0 Å². The summed E-state index contributed by atoms with van der Waals surface area (Å²) in [6, 6.07) is 8.90. The summed E-state index contributed by atoms with van der Waals surface area (Å²) in [5.41, 5.74) is 1.77. The van der Waals surface area contributed by atoms with Gasteiger partial charge in [-0.15, -0.1) is 0 Å². The van der Waals surface area contributed by atoms with E-state index in [0.29, 0.717) is 5.39 Å². The van der Waals surface area contributed by atoms with E-state index in [-0.39, 0.29) is 34.5 Å². The topological polar surface area (TPSA) is 54.4 Å². The molecule has 1 N–H and O–H groups in total. The zero-order valence-corrected chi connectivity index (χ0v) is 9.88. The molecule has 0 aliphatic heterocycles. The maximum absolute atomic E-state index is 11.3. The first-order valence-electron chi connectivity index (χ1n) is 4.86. The summed E-state index contributed by atoms with van der Waals surface area (Å²) in [6.45, 7) is 3.68. The summed E-state index contributed by atoms with van der Waals surface area (Å²) < 4.78 is 31.7.